The molecule has 0 bridgehead atoms. The summed E-state index contributed by atoms with van der Waals surface area (Å²) in [5, 5.41) is 3.38. The van der Waals surface area contributed by atoms with Gasteiger partial charge in [-0.3, -0.25) is 0 Å². The first-order valence-electron chi connectivity index (χ1n) is 4.58. The summed E-state index contributed by atoms with van der Waals surface area (Å²) in [7, 11) is 1.66. The van der Waals surface area contributed by atoms with Crippen LogP contribution in [0.15, 0.2) is 21.1 Å². The minimum Gasteiger partial charge on any atom is -0.495 e. The number of methoxy groups -OCH3 is 1. The molecule has 0 unspecified atom stereocenters. The number of hydrogen-bond acceptors (Lipinski definition) is 3. The highest BCUT2D eigenvalue weighted by Gasteiger charge is 2.19. The van der Waals surface area contributed by atoms with Gasteiger partial charge < -0.3 is 14.8 Å². The third-order valence-corrected chi connectivity index (χ3v) is 3.51. The Hall–Kier alpha value is -0.260. The molecule has 0 saturated carbocycles. The van der Waals surface area contributed by atoms with Crippen molar-refractivity contribution >= 4 is 37.5 Å². The number of rotatable bonds is 3. The molecule has 0 spiro atoms. The van der Waals surface area contributed by atoms with Crippen LogP contribution in [0.2, 0.25) is 0 Å². The molecule has 1 aliphatic rings. The second kappa shape index (κ2) is 4.72. The lowest BCUT2D eigenvalue weighted by molar-refractivity contribution is 0.0211. The van der Waals surface area contributed by atoms with Crippen LogP contribution >= 0.6 is 31.9 Å². The van der Waals surface area contributed by atoms with Crippen LogP contribution in [0.25, 0.3) is 0 Å². The lowest BCUT2D eigenvalue weighted by Gasteiger charge is -2.28. The van der Waals surface area contributed by atoms with E-state index in [1.165, 1.54) is 0 Å². The summed E-state index contributed by atoms with van der Waals surface area (Å²) >= 11 is 6.93. The number of anilines is 1. The average Bonchev–Trinajstić information content (AvgIpc) is 2.14. The van der Waals surface area contributed by atoms with Gasteiger partial charge in [-0.2, -0.15) is 0 Å². The minimum absolute atomic E-state index is 0.409. The van der Waals surface area contributed by atoms with Crippen molar-refractivity contribution in [3.63, 3.8) is 0 Å². The SMILES string of the molecule is COc1cc(NC2COC2)c(Br)cc1Br. The van der Waals surface area contributed by atoms with Crippen molar-refractivity contribution in [1.82, 2.24) is 0 Å². The van der Waals surface area contributed by atoms with E-state index in [4.69, 9.17) is 9.47 Å². The maximum Gasteiger partial charge on any atom is 0.135 e. The quantitative estimate of drug-likeness (QED) is 0.920. The van der Waals surface area contributed by atoms with Crippen LogP contribution in [0.1, 0.15) is 0 Å². The van der Waals surface area contributed by atoms with Gasteiger partial charge in [-0.25, -0.2) is 0 Å². The molecule has 1 saturated heterocycles. The van der Waals surface area contributed by atoms with Crippen LogP contribution in [-0.2, 0) is 4.74 Å². The topological polar surface area (TPSA) is 30.5 Å². The fraction of sp³-hybridized carbons (Fsp3) is 0.400. The molecule has 3 nitrogen and oxygen atoms in total. The molecule has 0 amide bonds. The van der Waals surface area contributed by atoms with Gasteiger partial charge in [-0.1, -0.05) is 0 Å². The van der Waals surface area contributed by atoms with Gasteiger partial charge in [0.2, 0.25) is 0 Å². The number of ether oxygens (including phenoxy) is 2. The molecule has 0 aliphatic carbocycles. The van der Waals surface area contributed by atoms with Crippen molar-refractivity contribution in [2.24, 2.45) is 0 Å². The molecule has 5 heteroatoms. The first-order valence-corrected chi connectivity index (χ1v) is 6.16. The van der Waals surface area contributed by atoms with Gasteiger partial charge in [0.1, 0.15) is 5.75 Å². The highest BCUT2D eigenvalue weighted by molar-refractivity contribution is 9.11. The molecule has 2 rings (SSSR count). The van der Waals surface area contributed by atoms with Crippen molar-refractivity contribution in [1.29, 1.82) is 0 Å². The van der Waals surface area contributed by atoms with E-state index in [1.807, 2.05) is 12.1 Å². The molecule has 1 aromatic rings. The van der Waals surface area contributed by atoms with Gasteiger partial charge in [0, 0.05) is 10.5 Å². The van der Waals surface area contributed by atoms with E-state index in [2.05, 4.69) is 37.2 Å². The van der Waals surface area contributed by atoms with Crippen LogP contribution in [-0.4, -0.2) is 26.4 Å². The smallest absolute Gasteiger partial charge is 0.135 e. The van der Waals surface area contributed by atoms with Gasteiger partial charge in [0.05, 0.1) is 36.5 Å². The summed E-state index contributed by atoms with van der Waals surface area (Å²) < 4.78 is 12.3. The van der Waals surface area contributed by atoms with Crippen LogP contribution in [0, 0.1) is 0 Å². The second-order valence-electron chi connectivity index (χ2n) is 3.35. The van der Waals surface area contributed by atoms with Crippen LogP contribution < -0.4 is 10.1 Å². The van der Waals surface area contributed by atoms with Gasteiger partial charge in [-0.05, 0) is 37.9 Å². The van der Waals surface area contributed by atoms with Crippen molar-refractivity contribution in [3.05, 3.63) is 21.1 Å². The zero-order chi connectivity index (χ0) is 10.8. The Labute approximate surface area is 105 Å². The molecular formula is C10H11Br2NO2. The predicted molar refractivity (Wildman–Crippen MR) is 66.6 cm³/mol. The number of benzene rings is 1. The largest absolute Gasteiger partial charge is 0.495 e. The predicted octanol–water partition coefficient (Wildman–Crippen LogP) is 3.03. The molecule has 1 fully saturated rings. The van der Waals surface area contributed by atoms with Crippen molar-refractivity contribution in [2.75, 3.05) is 25.6 Å². The molecule has 1 aliphatic heterocycles. The summed E-state index contributed by atoms with van der Waals surface area (Å²) in [4.78, 5) is 0. The fourth-order valence-electron chi connectivity index (χ4n) is 1.34. The van der Waals surface area contributed by atoms with Crippen LogP contribution in [0.5, 0.6) is 5.75 Å². The average molecular weight is 337 g/mol. The maximum atomic E-state index is 5.23. The summed E-state index contributed by atoms with van der Waals surface area (Å²) in [6.45, 7) is 1.54. The summed E-state index contributed by atoms with van der Waals surface area (Å²) in [5.41, 5.74) is 1.03. The van der Waals surface area contributed by atoms with Crippen molar-refractivity contribution in [2.45, 2.75) is 6.04 Å². The van der Waals surface area contributed by atoms with E-state index in [1.54, 1.807) is 7.11 Å². The Morgan fingerprint density at radius 3 is 2.60 bits per heavy atom. The first kappa shape index (κ1) is 11.2. The van der Waals surface area contributed by atoms with Gasteiger partial charge in [0.25, 0.3) is 0 Å². The van der Waals surface area contributed by atoms with Gasteiger partial charge in [0.15, 0.2) is 0 Å². The van der Waals surface area contributed by atoms with E-state index in [0.29, 0.717) is 6.04 Å². The van der Waals surface area contributed by atoms with E-state index < -0.39 is 0 Å². The summed E-state index contributed by atoms with van der Waals surface area (Å²) in [6, 6.07) is 4.35. The Balaban J connectivity index is 2.21. The molecule has 1 N–H and O–H groups in total. The molecule has 1 aromatic carbocycles. The van der Waals surface area contributed by atoms with Gasteiger partial charge in [-0.15, -0.1) is 0 Å². The van der Waals surface area contributed by atoms with Crippen molar-refractivity contribution in [3.8, 4) is 5.75 Å². The highest BCUT2D eigenvalue weighted by Crippen LogP contribution is 2.35. The number of nitrogens with one attached hydrogen (secondary N) is 1. The second-order valence-corrected chi connectivity index (χ2v) is 5.05. The normalized spacial score (nSPS) is 15.9. The molecular weight excluding hydrogens is 326 g/mol. The Kier molecular flexibility index (Phi) is 3.53. The summed E-state index contributed by atoms with van der Waals surface area (Å²) in [5.74, 6) is 0.820. The minimum atomic E-state index is 0.409. The molecule has 0 radical (unpaired) electrons. The van der Waals surface area contributed by atoms with Crippen LogP contribution in [0.4, 0.5) is 5.69 Å². The summed E-state index contributed by atoms with van der Waals surface area (Å²) in [6.07, 6.45) is 0. The molecule has 82 valence electrons. The zero-order valence-corrected chi connectivity index (χ0v) is 11.4. The van der Waals surface area contributed by atoms with E-state index in [-0.39, 0.29) is 0 Å². The van der Waals surface area contributed by atoms with E-state index in [9.17, 15) is 0 Å². The first-order chi connectivity index (χ1) is 7.20. The van der Waals surface area contributed by atoms with Crippen LogP contribution in [0.3, 0.4) is 0 Å². The zero-order valence-electron chi connectivity index (χ0n) is 8.22. The maximum absolute atomic E-state index is 5.23. The molecule has 0 atom stereocenters. The van der Waals surface area contributed by atoms with Gasteiger partial charge >= 0.3 is 0 Å². The molecule has 0 aromatic heterocycles. The molecule has 1 heterocycles. The third kappa shape index (κ3) is 2.46. The van der Waals surface area contributed by atoms with E-state index in [0.717, 1.165) is 33.6 Å². The van der Waals surface area contributed by atoms with E-state index >= 15 is 0 Å². The third-order valence-electron chi connectivity index (χ3n) is 2.24. The Morgan fingerprint density at radius 2 is 2.07 bits per heavy atom. The monoisotopic (exact) mass is 335 g/mol. The molecule has 15 heavy (non-hydrogen) atoms. The number of halogens is 2. The number of hydrogen-bond donors (Lipinski definition) is 1. The Bertz CT molecular complexity index is 367. The lowest BCUT2D eigenvalue weighted by atomic mass is 10.2. The standard InChI is InChI=1S/C10H11Br2NO2/c1-14-10-3-9(7(11)2-8(10)12)13-6-4-15-5-6/h2-3,6,13H,4-5H2,1H3. The Morgan fingerprint density at radius 1 is 1.33 bits per heavy atom. The fourth-order valence-corrected chi connectivity index (χ4v) is 2.61. The highest BCUT2D eigenvalue weighted by atomic mass is 79.9. The van der Waals surface area contributed by atoms with Crippen molar-refractivity contribution < 1.29 is 9.47 Å². The lowest BCUT2D eigenvalue weighted by Crippen LogP contribution is -2.40.